The molecule has 2 aromatic heterocycles. The van der Waals surface area contributed by atoms with E-state index in [1.807, 2.05) is 37.3 Å². The average Bonchev–Trinajstić information content (AvgIpc) is 2.81. The van der Waals surface area contributed by atoms with Crippen LogP contribution in [0.5, 0.6) is 0 Å². The number of nitrogens with one attached hydrogen (secondary N) is 2. The van der Waals surface area contributed by atoms with Crippen molar-refractivity contribution in [2.75, 3.05) is 5.73 Å². The van der Waals surface area contributed by atoms with E-state index in [4.69, 9.17) is 5.73 Å². The second kappa shape index (κ2) is 4.70. The number of nitrogens with two attached hydrogens (primary N) is 1. The van der Waals surface area contributed by atoms with Gasteiger partial charge in [0.1, 0.15) is 0 Å². The van der Waals surface area contributed by atoms with E-state index in [1.165, 1.54) is 0 Å². The zero-order chi connectivity index (χ0) is 14.1. The van der Waals surface area contributed by atoms with Gasteiger partial charge in [0.05, 0.1) is 16.8 Å². The van der Waals surface area contributed by atoms with Gasteiger partial charge >= 0.3 is 0 Å². The van der Waals surface area contributed by atoms with Crippen molar-refractivity contribution in [3.05, 3.63) is 58.5 Å². The highest BCUT2D eigenvalue weighted by Gasteiger charge is 2.16. The van der Waals surface area contributed by atoms with Crippen molar-refractivity contribution in [1.82, 2.24) is 15.2 Å². The Bertz CT molecular complexity index is 802. The fraction of sp³-hybridized carbons (Fsp3) is 0.0667. The smallest absolute Gasteiger partial charge is 0.191 e. The maximum atomic E-state index is 12.1. The predicted molar refractivity (Wildman–Crippen MR) is 79.2 cm³/mol. The molecule has 0 radical (unpaired) electrons. The standard InChI is InChI=1S/C15H14N4O/c1-9-7-12(20)11(8-17-9)14-13(15(16)19-18-14)10-5-3-2-4-6-10/h2-8H,1H3,(H,17,20)(H3,16,18,19). The fourth-order valence-corrected chi connectivity index (χ4v) is 2.22. The second-order valence-corrected chi connectivity index (χ2v) is 4.62. The van der Waals surface area contributed by atoms with E-state index in [2.05, 4.69) is 15.2 Å². The van der Waals surface area contributed by atoms with Crippen LogP contribution in [0.3, 0.4) is 0 Å². The molecule has 0 bridgehead atoms. The molecule has 0 fully saturated rings. The molecule has 1 aromatic carbocycles. The molecule has 3 aromatic rings. The lowest BCUT2D eigenvalue weighted by Gasteiger charge is -2.04. The van der Waals surface area contributed by atoms with Crippen LogP contribution in [0.4, 0.5) is 5.82 Å². The van der Waals surface area contributed by atoms with Crippen LogP contribution in [0.1, 0.15) is 5.69 Å². The number of nitrogens with zero attached hydrogens (tertiary/aromatic N) is 1. The Morgan fingerprint density at radius 3 is 2.65 bits per heavy atom. The SMILES string of the molecule is Cc1cc(=O)c(-c2[nH]nc(N)c2-c2ccccc2)c[nH]1. The minimum absolute atomic E-state index is 0.0675. The highest BCUT2D eigenvalue weighted by atomic mass is 16.1. The number of hydrogen-bond acceptors (Lipinski definition) is 3. The molecular weight excluding hydrogens is 252 g/mol. The van der Waals surface area contributed by atoms with Gasteiger partial charge in [-0.05, 0) is 12.5 Å². The van der Waals surface area contributed by atoms with Crippen molar-refractivity contribution >= 4 is 5.82 Å². The van der Waals surface area contributed by atoms with Crippen molar-refractivity contribution in [1.29, 1.82) is 0 Å². The molecule has 0 unspecified atom stereocenters. The molecule has 0 amide bonds. The molecule has 20 heavy (non-hydrogen) atoms. The first-order chi connectivity index (χ1) is 9.66. The van der Waals surface area contributed by atoms with Crippen LogP contribution in [-0.2, 0) is 0 Å². The molecule has 0 aliphatic heterocycles. The highest BCUT2D eigenvalue weighted by molar-refractivity contribution is 5.87. The summed E-state index contributed by atoms with van der Waals surface area (Å²) in [5.41, 5.74) is 9.52. The molecule has 0 atom stereocenters. The van der Waals surface area contributed by atoms with Crippen LogP contribution in [0, 0.1) is 6.92 Å². The van der Waals surface area contributed by atoms with Crippen molar-refractivity contribution in [2.24, 2.45) is 0 Å². The van der Waals surface area contributed by atoms with Crippen LogP contribution < -0.4 is 11.2 Å². The summed E-state index contributed by atoms with van der Waals surface area (Å²) < 4.78 is 0. The molecule has 0 spiro atoms. The number of aromatic amines is 2. The van der Waals surface area contributed by atoms with E-state index in [1.54, 1.807) is 12.3 Å². The molecule has 4 N–H and O–H groups in total. The number of hydrogen-bond donors (Lipinski definition) is 3. The van der Waals surface area contributed by atoms with Gasteiger partial charge in [-0.25, -0.2) is 0 Å². The Balaban J connectivity index is 2.24. The van der Waals surface area contributed by atoms with Gasteiger partial charge in [0.2, 0.25) is 0 Å². The molecule has 0 saturated heterocycles. The van der Waals surface area contributed by atoms with E-state index in [0.717, 1.165) is 16.8 Å². The monoisotopic (exact) mass is 266 g/mol. The predicted octanol–water partition coefficient (Wildman–Crippen LogP) is 2.32. The van der Waals surface area contributed by atoms with Gasteiger partial charge in [-0.2, -0.15) is 5.10 Å². The van der Waals surface area contributed by atoms with Gasteiger partial charge in [-0.1, -0.05) is 30.3 Å². The van der Waals surface area contributed by atoms with E-state index >= 15 is 0 Å². The van der Waals surface area contributed by atoms with Gasteiger partial charge in [0.25, 0.3) is 0 Å². The summed E-state index contributed by atoms with van der Waals surface area (Å²) >= 11 is 0. The maximum Gasteiger partial charge on any atom is 0.191 e. The molecule has 0 saturated carbocycles. The lowest BCUT2D eigenvalue weighted by atomic mass is 10.0. The summed E-state index contributed by atoms with van der Waals surface area (Å²) in [6, 6.07) is 11.2. The molecule has 5 heteroatoms. The van der Waals surface area contributed by atoms with E-state index in [9.17, 15) is 4.79 Å². The summed E-state index contributed by atoms with van der Waals surface area (Å²) in [6.07, 6.45) is 1.68. The van der Waals surface area contributed by atoms with Crippen LogP contribution in [0.25, 0.3) is 22.4 Å². The Labute approximate surface area is 115 Å². The Hall–Kier alpha value is -2.82. The molecule has 0 aliphatic rings. The van der Waals surface area contributed by atoms with E-state index < -0.39 is 0 Å². The van der Waals surface area contributed by atoms with Crippen molar-refractivity contribution in [3.8, 4) is 22.4 Å². The topological polar surface area (TPSA) is 87.6 Å². The number of anilines is 1. The highest BCUT2D eigenvalue weighted by Crippen LogP contribution is 2.32. The van der Waals surface area contributed by atoms with E-state index in [-0.39, 0.29) is 5.43 Å². The molecule has 0 aliphatic carbocycles. The largest absolute Gasteiger partial charge is 0.382 e. The van der Waals surface area contributed by atoms with Gasteiger partial charge in [-0.3, -0.25) is 9.89 Å². The molecule has 100 valence electrons. The van der Waals surface area contributed by atoms with E-state index in [0.29, 0.717) is 17.1 Å². The normalized spacial score (nSPS) is 10.7. The lowest BCUT2D eigenvalue weighted by molar-refractivity contribution is 1.09. The minimum Gasteiger partial charge on any atom is -0.382 e. The Morgan fingerprint density at radius 2 is 1.95 bits per heavy atom. The Kier molecular flexibility index (Phi) is 2.87. The number of rotatable bonds is 2. The van der Waals surface area contributed by atoms with Gasteiger partial charge in [0.15, 0.2) is 11.2 Å². The number of aromatic nitrogens is 3. The first-order valence-electron chi connectivity index (χ1n) is 6.26. The first kappa shape index (κ1) is 12.2. The third kappa shape index (κ3) is 1.99. The maximum absolute atomic E-state index is 12.1. The number of pyridine rings is 1. The number of benzene rings is 1. The molecule has 2 heterocycles. The number of aryl methyl sites for hydroxylation is 1. The number of nitrogen functional groups attached to an aromatic ring is 1. The summed E-state index contributed by atoms with van der Waals surface area (Å²) in [6.45, 7) is 1.84. The van der Waals surface area contributed by atoms with Crippen LogP contribution >= 0.6 is 0 Å². The van der Waals surface area contributed by atoms with Crippen LogP contribution in [0.2, 0.25) is 0 Å². The lowest BCUT2D eigenvalue weighted by Crippen LogP contribution is -2.06. The van der Waals surface area contributed by atoms with Crippen LogP contribution in [0.15, 0.2) is 47.4 Å². The Morgan fingerprint density at radius 1 is 1.20 bits per heavy atom. The zero-order valence-electron chi connectivity index (χ0n) is 11.0. The van der Waals surface area contributed by atoms with Crippen molar-refractivity contribution < 1.29 is 0 Å². The summed E-state index contributed by atoms with van der Waals surface area (Å²) in [5.74, 6) is 0.381. The molecule has 5 nitrogen and oxygen atoms in total. The van der Waals surface area contributed by atoms with Gasteiger partial charge in [-0.15, -0.1) is 0 Å². The quantitative estimate of drug-likeness (QED) is 0.665. The number of H-pyrrole nitrogens is 2. The minimum atomic E-state index is -0.0675. The fourth-order valence-electron chi connectivity index (χ4n) is 2.22. The summed E-state index contributed by atoms with van der Waals surface area (Å²) in [7, 11) is 0. The van der Waals surface area contributed by atoms with Crippen molar-refractivity contribution in [2.45, 2.75) is 6.92 Å². The zero-order valence-corrected chi connectivity index (χ0v) is 11.0. The first-order valence-corrected chi connectivity index (χ1v) is 6.26. The summed E-state index contributed by atoms with van der Waals surface area (Å²) in [4.78, 5) is 15.2. The third-order valence-electron chi connectivity index (χ3n) is 3.18. The molecule has 3 rings (SSSR count). The van der Waals surface area contributed by atoms with Gasteiger partial charge in [0, 0.05) is 18.0 Å². The van der Waals surface area contributed by atoms with Crippen molar-refractivity contribution in [3.63, 3.8) is 0 Å². The summed E-state index contributed by atoms with van der Waals surface area (Å²) in [5, 5.41) is 6.89. The third-order valence-corrected chi connectivity index (χ3v) is 3.18. The molecular formula is C15H14N4O. The van der Waals surface area contributed by atoms with Gasteiger partial charge < -0.3 is 10.7 Å². The second-order valence-electron chi connectivity index (χ2n) is 4.62. The van der Waals surface area contributed by atoms with Crippen LogP contribution in [-0.4, -0.2) is 15.2 Å². The average molecular weight is 266 g/mol.